The molecule has 43 heavy (non-hydrogen) atoms. The highest BCUT2D eigenvalue weighted by atomic mass is 14.9. The van der Waals surface area contributed by atoms with Crippen LogP contribution in [0.2, 0.25) is 0 Å². The predicted molar refractivity (Wildman–Crippen MR) is 184 cm³/mol. The first-order valence-corrected chi connectivity index (χ1v) is 16.1. The van der Waals surface area contributed by atoms with Crippen LogP contribution in [0.1, 0.15) is 81.2 Å². The Hall–Kier alpha value is -4.17. The molecule has 1 aromatic carbocycles. The van der Waals surface area contributed by atoms with Gasteiger partial charge >= 0.3 is 0 Å². The maximum atomic E-state index is 4.81. The van der Waals surface area contributed by atoms with Crippen LogP contribution in [-0.4, -0.2) is 4.98 Å². The monoisotopic (exact) mass is 564 g/mol. The molecule has 0 bridgehead atoms. The number of benzene rings is 1. The SMILES string of the molecule is C=C1C=C(/C=C/CCCC2=CCCC3(CCC=CCC3)C2)C=c2cc(C3=C(c4cccc(C)n4)NC=CC=C3)ccc2=C1. The summed E-state index contributed by atoms with van der Waals surface area (Å²) in [4.78, 5) is 4.81. The van der Waals surface area contributed by atoms with Crippen molar-refractivity contribution in [2.24, 2.45) is 5.41 Å². The number of aromatic nitrogens is 1. The second-order valence-corrected chi connectivity index (χ2v) is 12.6. The summed E-state index contributed by atoms with van der Waals surface area (Å²) in [5.74, 6) is 0. The normalized spacial score (nSPS) is 19.5. The molecule has 0 saturated carbocycles. The lowest BCUT2D eigenvalue weighted by molar-refractivity contribution is 0.212. The highest BCUT2D eigenvalue weighted by Crippen LogP contribution is 2.46. The third-order valence-electron chi connectivity index (χ3n) is 9.26. The summed E-state index contributed by atoms with van der Waals surface area (Å²) < 4.78 is 0. The van der Waals surface area contributed by atoms with Gasteiger partial charge in [-0.3, -0.25) is 4.98 Å². The lowest BCUT2D eigenvalue weighted by atomic mass is 9.68. The Bertz CT molecular complexity index is 1710. The van der Waals surface area contributed by atoms with Crippen LogP contribution >= 0.6 is 0 Å². The molecule has 2 aromatic rings. The van der Waals surface area contributed by atoms with Crippen LogP contribution in [-0.2, 0) is 0 Å². The maximum Gasteiger partial charge on any atom is 0.0873 e. The first kappa shape index (κ1) is 28.9. The third-order valence-corrected chi connectivity index (χ3v) is 9.26. The van der Waals surface area contributed by atoms with Crippen LogP contribution in [0, 0.1) is 12.3 Å². The Morgan fingerprint density at radius 2 is 1.81 bits per heavy atom. The minimum atomic E-state index is 0.569. The fourth-order valence-corrected chi connectivity index (χ4v) is 7.05. The van der Waals surface area contributed by atoms with Gasteiger partial charge in [-0.2, -0.15) is 0 Å². The van der Waals surface area contributed by atoms with E-state index in [4.69, 9.17) is 4.98 Å². The van der Waals surface area contributed by atoms with Crippen LogP contribution in [0.5, 0.6) is 0 Å². The lowest BCUT2D eigenvalue weighted by Crippen LogP contribution is -2.24. The molecule has 6 rings (SSSR count). The van der Waals surface area contributed by atoms with E-state index in [2.05, 4.69) is 103 Å². The molecule has 0 fully saturated rings. The van der Waals surface area contributed by atoms with Crippen molar-refractivity contribution in [2.75, 3.05) is 0 Å². The van der Waals surface area contributed by atoms with E-state index in [1.165, 1.54) is 73.8 Å². The zero-order valence-electron chi connectivity index (χ0n) is 25.6. The number of hydrogen-bond donors (Lipinski definition) is 1. The number of nitrogens with one attached hydrogen (secondary N) is 1. The van der Waals surface area contributed by atoms with Crippen molar-refractivity contribution in [3.8, 4) is 0 Å². The molecule has 2 heteroatoms. The van der Waals surface area contributed by atoms with Gasteiger partial charge in [-0.15, -0.1) is 0 Å². The molecule has 0 radical (unpaired) electrons. The van der Waals surface area contributed by atoms with Gasteiger partial charge in [-0.05, 0) is 146 Å². The van der Waals surface area contributed by atoms with Gasteiger partial charge in [0.05, 0.1) is 11.4 Å². The van der Waals surface area contributed by atoms with E-state index in [0.29, 0.717) is 5.41 Å². The number of fused-ring (bicyclic) bond motifs is 1. The molecule has 0 atom stereocenters. The van der Waals surface area contributed by atoms with Crippen molar-refractivity contribution in [1.82, 2.24) is 10.3 Å². The molecule has 1 N–H and O–H groups in total. The zero-order valence-corrected chi connectivity index (χ0v) is 25.6. The number of unbranched alkanes of at least 4 members (excludes halogenated alkanes) is 1. The Morgan fingerprint density at radius 3 is 2.67 bits per heavy atom. The van der Waals surface area contributed by atoms with Gasteiger partial charge in [0.25, 0.3) is 0 Å². The highest BCUT2D eigenvalue weighted by molar-refractivity contribution is 5.95. The fraction of sp³-hybridized carbons (Fsp3) is 0.293. The van der Waals surface area contributed by atoms with E-state index in [9.17, 15) is 0 Å². The summed E-state index contributed by atoms with van der Waals surface area (Å²) in [7, 11) is 0. The Balaban J connectivity index is 1.17. The van der Waals surface area contributed by atoms with Crippen molar-refractivity contribution < 1.29 is 0 Å². The Morgan fingerprint density at radius 1 is 0.953 bits per heavy atom. The smallest absolute Gasteiger partial charge is 0.0873 e. The quantitative estimate of drug-likeness (QED) is 0.268. The van der Waals surface area contributed by atoms with E-state index >= 15 is 0 Å². The number of rotatable bonds is 7. The molecule has 3 aliphatic carbocycles. The average Bonchev–Trinajstić information content (AvgIpc) is 3.45. The predicted octanol–water partition coefficient (Wildman–Crippen LogP) is 8.94. The molecule has 2 heterocycles. The van der Waals surface area contributed by atoms with Crippen molar-refractivity contribution in [3.05, 3.63) is 148 Å². The Kier molecular flexibility index (Phi) is 9.03. The topological polar surface area (TPSA) is 24.9 Å². The van der Waals surface area contributed by atoms with Gasteiger partial charge in [-0.25, -0.2) is 0 Å². The molecule has 218 valence electrons. The minimum absolute atomic E-state index is 0.569. The molecule has 0 amide bonds. The van der Waals surface area contributed by atoms with E-state index < -0.39 is 0 Å². The van der Waals surface area contributed by atoms with Gasteiger partial charge in [0.1, 0.15) is 0 Å². The molecule has 0 saturated heterocycles. The fourth-order valence-electron chi connectivity index (χ4n) is 7.05. The summed E-state index contributed by atoms with van der Waals surface area (Å²) >= 11 is 0. The lowest BCUT2D eigenvalue weighted by Gasteiger charge is -2.37. The van der Waals surface area contributed by atoms with Crippen LogP contribution in [0.15, 0.2) is 121 Å². The summed E-state index contributed by atoms with van der Waals surface area (Å²) in [6.45, 7) is 6.35. The summed E-state index contributed by atoms with van der Waals surface area (Å²) in [5.41, 5.74) is 9.75. The molecule has 0 unspecified atom stereocenters. The number of pyridine rings is 1. The molecule has 1 aliphatic heterocycles. The van der Waals surface area contributed by atoms with Crippen LogP contribution in [0.3, 0.4) is 0 Å². The van der Waals surface area contributed by atoms with Crippen molar-refractivity contribution >= 4 is 23.4 Å². The van der Waals surface area contributed by atoms with Gasteiger partial charge in [0, 0.05) is 17.5 Å². The van der Waals surface area contributed by atoms with Gasteiger partial charge in [0.15, 0.2) is 0 Å². The van der Waals surface area contributed by atoms with Gasteiger partial charge in [0.2, 0.25) is 0 Å². The van der Waals surface area contributed by atoms with Crippen LogP contribution in [0.25, 0.3) is 23.4 Å². The van der Waals surface area contributed by atoms with E-state index in [1.54, 1.807) is 5.57 Å². The third kappa shape index (κ3) is 7.25. The molecule has 1 spiro atoms. The van der Waals surface area contributed by atoms with Crippen LogP contribution in [0.4, 0.5) is 0 Å². The number of allylic oxidation sites excluding steroid dienone is 13. The highest BCUT2D eigenvalue weighted by Gasteiger charge is 2.32. The zero-order chi connectivity index (χ0) is 29.5. The van der Waals surface area contributed by atoms with Gasteiger partial charge < -0.3 is 5.32 Å². The second kappa shape index (κ2) is 13.4. The maximum absolute atomic E-state index is 4.81. The average molecular weight is 565 g/mol. The summed E-state index contributed by atoms with van der Waals surface area (Å²) in [5, 5.41) is 5.88. The Labute approximate surface area is 257 Å². The number of nitrogens with zero attached hydrogens (tertiary/aromatic N) is 1. The van der Waals surface area contributed by atoms with Crippen molar-refractivity contribution in [2.45, 2.75) is 71.1 Å². The summed E-state index contributed by atoms with van der Waals surface area (Å²) in [6.07, 6.45) is 39.8. The molecule has 2 nitrogen and oxygen atoms in total. The first-order valence-electron chi connectivity index (χ1n) is 16.1. The van der Waals surface area contributed by atoms with Crippen molar-refractivity contribution in [1.29, 1.82) is 0 Å². The molecule has 1 aromatic heterocycles. The van der Waals surface area contributed by atoms with E-state index in [-0.39, 0.29) is 0 Å². The molecule has 4 aliphatic rings. The van der Waals surface area contributed by atoms with Crippen molar-refractivity contribution in [3.63, 3.8) is 0 Å². The molecular weight excluding hydrogens is 520 g/mol. The minimum Gasteiger partial charge on any atom is -0.359 e. The standard InChI is InChI=1S/C41H44N2/c1-31-26-34(16-7-5-6-15-33-17-13-24-41(30-33)22-9-3-4-10-23-41)28-37-29-36(21-20-35(37)27-31)38-18-8-11-25-42-40(38)39-19-12-14-32(2)43-39/h3-4,7-8,11-12,14,16-21,25-29,42H,1,5-6,9-10,13,15,22-24,30H2,2H3/b16-7+. The van der Waals surface area contributed by atoms with Gasteiger partial charge in [-0.1, -0.05) is 72.9 Å². The summed E-state index contributed by atoms with van der Waals surface area (Å²) in [6, 6.07) is 12.9. The largest absolute Gasteiger partial charge is 0.359 e. The van der Waals surface area contributed by atoms with E-state index in [1.807, 2.05) is 25.3 Å². The second-order valence-electron chi connectivity index (χ2n) is 12.6. The first-order chi connectivity index (χ1) is 21.1. The van der Waals surface area contributed by atoms with Crippen LogP contribution < -0.4 is 15.8 Å². The molecular formula is C41H44N2. The number of aryl methyl sites for hydroxylation is 1. The van der Waals surface area contributed by atoms with E-state index in [0.717, 1.165) is 40.2 Å². The number of hydrogen-bond acceptors (Lipinski definition) is 2.